The maximum Gasteiger partial charge on any atom is 0.258 e. The predicted molar refractivity (Wildman–Crippen MR) is 119 cm³/mol. The van der Waals surface area contributed by atoms with Crippen LogP contribution >= 0.6 is 0 Å². The fraction of sp³-hybridized carbons (Fsp3) is 0.440. The highest BCUT2D eigenvalue weighted by atomic mass is 16.5. The number of amides is 2. The molecule has 2 aromatic carbocycles. The molecule has 1 fully saturated rings. The lowest BCUT2D eigenvalue weighted by atomic mass is 10.0. The Labute approximate surface area is 179 Å². The van der Waals surface area contributed by atoms with Gasteiger partial charge in [0, 0.05) is 25.6 Å². The summed E-state index contributed by atoms with van der Waals surface area (Å²) in [7, 11) is 0. The normalized spacial score (nSPS) is 14.4. The van der Waals surface area contributed by atoms with Crippen LogP contribution in [0.15, 0.2) is 42.5 Å². The summed E-state index contributed by atoms with van der Waals surface area (Å²) in [5.41, 5.74) is 4.63. The Balaban J connectivity index is 1.37. The molecule has 2 amide bonds. The molecule has 0 saturated carbocycles. The van der Waals surface area contributed by atoms with Gasteiger partial charge in [-0.2, -0.15) is 0 Å². The molecule has 0 aromatic heterocycles. The van der Waals surface area contributed by atoms with Crippen LogP contribution < -0.4 is 10.1 Å². The minimum atomic E-state index is -0.111. The Kier molecular flexibility index (Phi) is 7.50. The largest absolute Gasteiger partial charge is 0.483 e. The van der Waals surface area contributed by atoms with E-state index in [0.717, 1.165) is 36.1 Å². The molecule has 1 aliphatic rings. The van der Waals surface area contributed by atoms with Gasteiger partial charge in [-0.15, -0.1) is 0 Å². The Morgan fingerprint density at radius 1 is 1.03 bits per heavy atom. The minimum absolute atomic E-state index is 0.0139. The Bertz CT molecular complexity index is 868. The second kappa shape index (κ2) is 10.3. The number of hydrogen-bond acceptors (Lipinski definition) is 3. The summed E-state index contributed by atoms with van der Waals surface area (Å²) >= 11 is 0. The number of carbonyl (C=O) groups is 2. The summed E-state index contributed by atoms with van der Waals surface area (Å²) in [6.07, 6.45) is 2.87. The van der Waals surface area contributed by atoms with Gasteiger partial charge in [-0.25, -0.2) is 0 Å². The van der Waals surface area contributed by atoms with Gasteiger partial charge in [-0.05, 0) is 62.8 Å². The van der Waals surface area contributed by atoms with E-state index >= 15 is 0 Å². The van der Waals surface area contributed by atoms with Gasteiger partial charge in [-0.3, -0.25) is 9.59 Å². The SMILES string of the molecule is Cc1ccc(CCC(=O)N2CCC(NC(=O)COc3cccc(C)c3C)CC2)cc1. The molecular weight excluding hydrogens is 376 g/mol. The van der Waals surface area contributed by atoms with Crippen molar-refractivity contribution in [3.63, 3.8) is 0 Å². The number of ether oxygens (including phenoxy) is 1. The van der Waals surface area contributed by atoms with E-state index in [1.165, 1.54) is 11.1 Å². The van der Waals surface area contributed by atoms with E-state index in [4.69, 9.17) is 4.74 Å². The number of carbonyl (C=O) groups excluding carboxylic acids is 2. The van der Waals surface area contributed by atoms with Crippen molar-refractivity contribution >= 4 is 11.8 Å². The molecule has 160 valence electrons. The molecule has 0 bridgehead atoms. The summed E-state index contributed by atoms with van der Waals surface area (Å²) in [5.74, 6) is 0.831. The number of likely N-dealkylation sites (tertiary alicyclic amines) is 1. The Hall–Kier alpha value is -2.82. The van der Waals surface area contributed by atoms with E-state index < -0.39 is 0 Å². The van der Waals surface area contributed by atoms with Crippen molar-refractivity contribution in [2.75, 3.05) is 19.7 Å². The second-order valence-electron chi connectivity index (χ2n) is 8.19. The highest BCUT2D eigenvalue weighted by molar-refractivity contribution is 5.78. The number of benzene rings is 2. The first kappa shape index (κ1) is 21.9. The van der Waals surface area contributed by atoms with E-state index in [9.17, 15) is 9.59 Å². The zero-order valence-electron chi connectivity index (χ0n) is 18.2. The first-order chi connectivity index (χ1) is 14.4. The highest BCUT2D eigenvalue weighted by Gasteiger charge is 2.23. The lowest BCUT2D eigenvalue weighted by Gasteiger charge is -2.32. The first-order valence-electron chi connectivity index (χ1n) is 10.7. The van der Waals surface area contributed by atoms with E-state index in [2.05, 4.69) is 36.5 Å². The Morgan fingerprint density at radius 2 is 1.73 bits per heavy atom. The molecule has 5 heteroatoms. The monoisotopic (exact) mass is 408 g/mol. The number of piperidine rings is 1. The fourth-order valence-electron chi connectivity index (χ4n) is 3.73. The van der Waals surface area contributed by atoms with Crippen molar-refractivity contribution in [1.29, 1.82) is 0 Å². The van der Waals surface area contributed by atoms with Crippen LogP contribution in [0.3, 0.4) is 0 Å². The third-order valence-corrected chi connectivity index (χ3v) is 5.87. The molecule has 1 heterocycles. The van der Waals surface area contributed by atoms with Crippen molar-refractivity contribution in [2.45, 2.75) is 52.5 Å². The quantitative estimate of drug-likeness (QED) is 0.759. The third-order valence-electron chi connectivity index (χ3n) is 5.87. The predicted octanol–water partition coefficient (Wildman–Crippen LogP) is 3.73. The molecule has 1 saturated heterocycles. The molecule has 0 unspecified atom stereocenters. The zero-order valence-corrected chi connectivity index (χ0v) is 18.2. The van der Waals surface area contributed by atoms with E-state index in [1.54, 1.807) is 0 Å². The maximum absolute atomic E-state index is 12.5. The molecule has 30 heavy (non-hydrogen) atoms. The van der Waals surface area contributed by atoms with Crippen LogP contribution in [0.5, 0.6) is 5.75 Å². The molecule has 5 nitrogen and oxygen atoms in total. The van der Waals surface area contributed by atoms with Gasteiger partial charge in [0.05, 0.1) is 0 Å². The maximum atomic E-state index is 12.5. The lowest BCUT2D eigenvalue weighted by Crippen LogP contribution is -2.47. The van der Waals surface area contributed by atoms with Crippen molar-refractivity contribution < 1.29 is 14.3 Å². The van der Waals surface area contributed by atoms with Crippen molar-refractivity contribution in [3.8, 4) is 5.75 Å². The van der Waals surface area contributed by atoms with Gasteiger partial charge >= 0.3 is 0 Å². The van der Waals surface area contributed by atoms with Crippen LogP contribution in [0.25, 0.3) is 0 Å². The number of nitrogens with one attached hydrogen (secondary N) is 1. The van der Waals surface area contributed by atoms with Gasteiger partial charge in [0.15, 0.2) is 6.61 Å². The van der Waals surface area contributed by atoms with Crippen LogP contribution in [-0.4, -0.2) is 42.5 Å². The van der Waals surface area contributed by atoms with Crippen LogP contribution in [-0.2, 0) is 16.0 Å². The molecule has 3 rings (SSSR count). The van der Waals surface area contributed by atoms with Gasteiger partial charge in [0.25, 0.3) is 5.91 Å². The molecule has 0 radical (unpaired) electrons. The van der Waals surface area contributed by atoms with Crippen molar-refractivity contribution in [3.05, 3.63) is 64.7 Å². The number of hydrogen-bond donors (Lipinski definition) is 1. The molecule has 0 spiro atoms. The summed E-state index contributed by atoms with van der Waals surface area (Å²) in [6.45, 7) is 7.48. The first-order valence-corrected chi connectivity index (χ1v) is 10.7. The van der Waals surface area contributed by atoms with Crippen LogP contribution in [0.4, 0.5) is 0 Å². The summed E-state index contributed by atoms with van der Waals surface area (Å²) < 4.78 is 5.69. The number of nitrogens with zero attached hydrogens (tertiary/aromatic N) is 1. The fourth-order valence-corrected chi connectivity index (χ4v) is 3.73. The molecular formula is C25H32N2O3. The van der Waals surface area contributed by atoms with Gasteiger partial charge < -0.3 is 15.0 Å². The summed E-state index contributed by atoms with van der Waals surface area (Å²) in [6, 6.07) is 14.3. The van der Waals surface area contributed by atoms with Crippen LogP contribution in [0, 0.1) is 20.8 Å². The van der Waals surface area contributed by atoms with Crippen molar-refractivity contribution in [2.24, 2.45) is 0 Å². The molecule has 0 atom stereocenters. The third kappa shape index (κ3) is 6.09. The number of aryl methyl sites for hydroxylation is 3. The molecule has 2 aromatic rings. The van der Waals surface area contributed by atoms with Gasteiger partial charge in [-0.1, -0.05) is 42.0 Å². The second-order valence-corrected chi connectivity index (χ2v) is 8.19. The van der Waals surface area contributed by atoms with E-state index in [0.29, 0.717) is 19.5 Å². The van der Waals surface area contributed by atoms with Crippen LogP contribution in [0.1, 0.15) is 41.5 Å². The van der Waals surface area contributed by atoms with E-state index in [-0.39, 0.29) is 24.5 Å². The standard InChI is InChI=1S/C25H32N2O3/c1-18-7-9-21(10-8-18)11-12-25(29)27-15-13-22(14-16-27)26-24(28)17-30-23-6-4-5-19(2)20(23)3/h4-10,22H,11-17H2,1-3H3,(H,26,28). The smallest absolute Gasteiger partial charge is 0.258 e. The highest BCUT2D eigenvalue weighted by Crippen LogP contribution is 2.20. The minimum Gasteiger partial charge on any atom is -0.483 e. The zero-order chi connectivity index (χ0) is 21.5. The van der Waals surface area contributed by atoms with Crippen LogP contribution in [0.2, 0.25) is 0 Å². The van der Waals surface area contributed by atoms with Crippen molar-refractivity contribution in [1.82, 2.24) is 10.2 Å². The van der Waals surface area contributed by atoms with Gasteiger partial charge in [0.2, 0.25) is 5.91 Å². The average Bonchev–Trinajstić information content (AvgIpc) is 2.74. The van der Waals surface area contributed by atoms with E-state index in [1.807, 2.05) is 36.9 Å². The number of rotatable bonds is 7. The summed E-state index contributed by atoms with van der Waals surface area (Å²) in [5, 5.41) is 3.04. The van der Waals surface area contributed by atoms with Gasteiger partial charge in [0.1, 0.15) is 5.75 Å². The Morgan fingerprint density at radius 3 is 2.43 bits per heavy atom. The molecule has 0 aliphatic carbocycles. The summed E-state index contributed by atoms with van der Waals surface area (Å²) in [4.78, 5) is 26.7. The topological polar surface area (TPSA) is 58.6 Å². The average molecular weight is 409 g/mol. The molecule has 1 N–H and O–H groups in total. The molecule has 1 aliphatic heterocycles. The lowest BCUT2D eigenvalue weighted by molar-refractivity contribution is -0.132.